The number of alkyl halides is 1. The molecule has 1 N–H and O–H groups in total. The molecule has 0 spiro atoms. The van der Waals surface area contributed by atoms with Gasteiger partial charge in [0.05, 0.1) is 6.10 Å². The third-order valence-electron chi connectivity index (χ3n) is 4.10. The summed E-state index contributed by atoms with van der Waals surface area (Å²) in [4.78, 5) is 11.9. The zero-order chi connectivity index (χ0) is 11.9. The van der Waals surface area contributed by atoms with Crippen LogP contribution >= 0.6 is 22.6 Å². The smallest absolute Gasteiger partial charge is 0.322 e. The fraction of sp³-hybridized carbons (Fsp3) is 0.917. The third kappa shape index (κ3) is 2.23. The summed E-state index contributed by atoms with van der Waals surface area (Å²) < 4.78 is 5.19. The summed E-state index contributed by atoms with van der Waals surface area (Å²) in [5, 5.41) is 9.64. The fourth-order valence-corrected chi connectivity index (χ4v) is 2.87. The summed E-state index contributed by atoms with van der Waals surface area (Å²) >= 11 is 2.16. The molecule has 16 heavy (non-hydrogen) atoms. The molecule has 2 fully saturated rings. The van der Waals surface area contributed by atoms with Crippen LogP contribution in [0.3, 0.4) is 0 Å². The van der Waals surface area contributed by atoms with Gasteiger partial charge in [-0.15, -0.1) is 0 Å². The third-order valence-corrected chi connectivity index (χ3v) is 5.31. The minimum Gasteiger partial charge on any atom is -0.461 e. The topological polar surface area (TPSA) is 46.5 Å². The zero-order valence-electron chi connectivity index (χ0n) is 9.78. The molecule has 0 aromatic carbocycles. The van der Waals surface area contributed by atoms with E-state index in [0.29, 0.717) is 11.8 Å². The first-order chi connectivity index (χ1) is 7.44. The molecule has 2 aliphatic rings. The van der Waals surface area contributed by atoms with Gasteiger partial charge in [-0.1, -0.05) is 29.5 Å². The molecule has 0 saturated heterocycles. The van der Waals surface area contributed by atoms with Crippen molar-refractivity contribution in [2.75, 3.05) is 0 Å². The number of halogens is 1. The van der Waals surface area contributed by atoms with Crippen LogP contribution in [0.25, 0.3) is 0 Å². The number of esters is 1. The number of carbonyl (C=O) groups is 1. The second-order valence-electron chi connectivity index (χ2n) is 5.29. The number of fused-ring (bicyclic) bond motifs is 2. The first-order valence-electron chi connectivity index (χ1n) is 6.02. The quantitative estimate of drug-likeness (QED) is 0.488. The minimum atomic E-state index is -0.405. The van der Waals surface area contributed by atoms with E-state index in [-0.39, 0.29) is 18.2 Å². The largest absolute Gasteiger partial charge is 0.461 e. The lowest BCUT2D eigenvalue weighted by Crippen LogP contribution is -2.36. The normalized spacial score (nSPS) is 40.8. The lowest BCUT2D eigenvalue weighted by molar-refractivity contribution is -0.154. The summed E-state index contributed by atoms with van der Waals surface area (Å²) in [6.07, 6.45) is 3.39. The number of rotatable bonds is 3. The van der Waals surface area contributed by atoms with E-state index < -0.39 is 3.42 Å². The van der Waals surface area contributed by atoms with Crippen molar-refractivity contribution in [1.29, 1.82) is 0 Å². The second-order valence-corrected chi connectivity index (χ2v) is 7.67. The Morgan fingerprint density at radius 2 is 2.12 bits per heavy atom. The Morgan fingerprint density at radius 1 is 1.44 bits per heavy atom. The molecule has 0 heterocycles. The molecular formula is C12H19IO3. The van der Waals surface area contributed by atoms with Crippen LogP contribution in [0.5, 0.6) is 0 Å². The first-order valence-corrected chi connectivity index (χ1v) is 7.10. The highest BCUT2D eigenvalue weighted by Crippen LogP contribution is 2.46. The highest BCUT2D eigenvalue weighted by Gasteiger charge is 2.48. The monoisotopic (exact) mass is 338 g/mol. The van der Waals surface area contributed by atoms with Crippen LogP contribution in [0.15, 0.2) is 0 Å². The molecule has 4 heteroatoms. The molecule has 5 atom stereocenters. The van der Waals surface area contributed by atoms with E-state index in [0.717, 1.165) is 25.7 Å². The van der Waals surface area contributed by atoms with Gasteiger partial charge in [-0.05, 0) is 44.4 Å². The van der Waals surface area contributed by atoms with Gasteiger partial charge < -0.3 is 9.84 Å². The average molecular weight is 338 g/mol. The highest BCUT2D eigenvalue weighted by atomic mass is 127. The van der Waals surface area contributed by atoms with Crippen molar-refractivity contribution in [3.8, 4) is 0 Å². The summed E-state index contributed by atoms with van der Waals surface area (Å²) in [5.74, 6) is 0.667. The molecule has 92 valence electrons. The molecule has 2 bridgehead atoms. The molecule has 2 rings (SSSR count). The molecule has 0 amide bonds. The average Bonchev–Trinajstić information content (AvgIpc) is 2.76. The summed E-state index contributed by atoms with van der Waals surface area (Å²) in [7, 11) is 0. The lowest BCUT2D eigenvalue weighted by Gasteiger charge is -2.28. The molecule has 0 aromatic heterocycles. The zero-order valence-corrected chi connectivity index (χ0v) is 11.9. The predicted molar refractivity (Wildman–Crippen MR) is 69.4 cm³/mol. The van der Waals surface area contributed by atoms with E-state index in [1.165, 1.54) is 0 Å². The highest BCUT2D eigenvalue weighted by molar-refractivity contribution is 14.1. The molecule has 0 aromatic rings. The Bertz CT molecular complexity index is 288. The van der Waals surface area contributed by atoms with Gasteiger partial charge >= 0.3 is 5.97 Å². The van der Waals surface area contributed by atoms with Gasteiger partial charge in [-0.2, -0.15) is 0 Å². The summed E-state index contributed by atoms with van der Waals surface area (Å²) in [5.41, 5.74) is 0. The van der Waals surface area contributed by atoms with Crippen LogP contribution in [-0.4, -0.2) is 26.7 Å². The van der Waals surface area contributed by atoms with Gasteiger partial charge in [0.2, 0.25) is 0 Å². The van der Waals surface area contributed by atoms with Crippen molar-refractivity contribution >= 4 is 28.6 Å². The van der Waals surface area contributed by atoms with E-state index in [4.69, 9.17) is 4.74 Å². The van der Waals surface area contributed by atoms with Crippen LogP contribution in [0.1, 0.15) is 39.5 Å². The predicted octanol–water partition coefficient (Wildman–Crippen LogP) is 2.29. The number of aliphatic hydroxyl groups is 1. The maximum atomic E-state index is 11.9. The Labute approximate surface area is 110 Å². The Kier molecular flexibility index (Phi) is 3.50. The molecule has 3 nitrogen and oxygen atoms in total. The number of hydrogen-bond donors (Lipinski definition) is 1. The maximum Gasteiger partial charge on any atom is 0.322 e. The summed E-state index contributed by atoms with van der Waals surface area (Å²) in [6, 6.07) is 0. The van der Waals surface area contributed by atoms with Gasteiger partial charge in [-0.3, -0.25) is 4.79 Å². The van der Waals surface area contributed by atoms with E-state index in [9.17, 15) is 9.90 Å². The van der Waals surface area contributed by atoms with Crippen LogP contribution in [0.2, 0.25) is 0 Å². The summed E-state index contributed by atoms with van der Waals surface area (Å²) in [6.45, 7) is 3.91. The lowest BCUT2D eigenvalue weighted by atomic mass is 9.95. The van der Waals surface area contributed by atoms with E-state index in [1.807, 2.05) is 13.8 Å². The van der Waals surface area contributed by atoms with Gasteiger partial charge in [0.1, 0.15) is 9.53 Å². The van der Waals surface area contributed by atoms with Crippen molar-refractivity contribution in [3.05, 3.63) is 0 Å². The van der Waals surface area contributed by atoms with Gasteiger partial charge in [-0.25, -0.2) is 0 Å². The Morgan fingerprint density at radius 3 is 2.56 bits per heavy atom. The van der Waals surface area contributed by atoms with Crippen LogP contribution in [-0.2, 0) is 9.53 Å². The van der Waals surface area contributed by atoms with Crippen molar-refractivity contribution in [2.24, 2.45) is 11.8 Å². The van der Waals surface area contributed by atoms with Crippen molar-refractivity contribution in [2.45, 2.75) is 55.2 Å². The number of hydrogen-bond acceptors (Lipinski definition) is 3. The standard InChI is InChI=1S/C12H19IO3/c1-3-12(2,13)11(15)16-10-6-7-4-8(10)5-9(7)14/h7-10,14H,3-6H2,1-2H3. The Balaban J connectivity index is 1.91. The van der Waals surface area contributed by atoms with E-state index >= 15 is 0 Å². The Hall–Kier alpha value is 0.160. The van der Waals surface area contributed by atoms with Crippen molar-refractivity contribution in [3.63, 3.8) is 0 Å². The first kappa shape index (κ1) is 12.6. The van der Waals surface area contributed by atoms with E-state index in [1.54, 1.807) is 0 Å². The second kappa shape index (κ2) is 4.44. The van der Waals surface area contributed by atoms with Gasteiger partial charge in [0, 0.05) is 0 Å². The molecular weight excluding hydrogens is 319 g/mol. The van der Waals surface area contributed by atoms with Crippen molar-refractivity contribution in [1.82, 2.24) is 0 Å². The molecule has 0 radical (unpaired) electrons. The van der Waals surface area contributed by atoms with Crippen molar-refractivity contribution < 1.29 is 14.6 Å². The van der Waals surface area contributed by atoms with Crippen LogP contribution in [0.4, 0.5) is 0 Å². The van der Waals surface area contributed by atoms with Crippen LogP contribution in [0, 0.1) is 11.8 Å². The van der Waals surface area contributed by atoms with E-state index in [2.05, 4.69) is 22.6 Å². The fourth-order valence-electron chi connectivity index (χ4n) is 2.74. The molecule has 2 aliphatic carbocycles. The van der Waals surface area contributed by atoms with Crippen LogP contribution < -0.4 is 0 Å². The number of aliphatic hydroxyl groups excluding tert-OH is 1. The maximum absolute atomic E-state index is 11.9. The molecule has 5 unspecified atom stereocenters. The van der Waals surface area contributed by atoms with Gasteiger partial charge in [0.25, 0.3) is 0 Å². The number of carbonyl (C=O) groups excluding carboxylic acids is 1. The van der Waals surface area contributed by atoms with Gasteiger partial charge in [0.15, 0.2) is 0 Å². The molecule has 0 aliphatic heterocycles. The minimum absolute atomic E-state index is 0.0570. The number of ether oxygens (including phenoxy) is 1. The SMILES string of the molecule is CCC(C)(I)C(=O)OC1CC2CC1CC2O. The molecule has 2 saturated carbocycles.